The van der Waals surface area contributed by atoms with Crippen LogP contribution in [0.5, 0.6) is 0 Å². The minimum absolute atomic E-state index is 0.152. The smallest absolute Gasteiger partial charge is 0.253 e. The van der Waals surface area contributed by atoms with Crippen LogP contribution < -0.4 is 10.6 Å². The Labute approximate surface area is 191 Å². The van der Waals surface area contributed by atoms with Gasteiger partial charge in [0.25, 0.3) is 5.91 Å². The van der Waals surface area contributed by atoms with Gasteiger partial charge in [0, 0.05) is 56.5 Å². The van der Waals surface area contributed by atoms with Crippen molar-refractivity contribution in [2.24, 2.45) is 0 Å². The summed E-state index contributed by atoms with van der Waals surface area (Å²) in [5.74, 6) is -0.220. The van der Waals surface area contributed by atoms with E-state index in [-0.39, 0.29) is 11.8 Å². The summed E-state index contributed by atoms with van der Waals surface area (Å²) in [5.41, 5.74) is 2.78. The van der Waals surface area contributed by atoms with E-state index >= 15 is 0 Å². The van der Waals surface area contributed by atoms with Gasteiger partial charge in [-0.2, -0.15) is 10.4 Å². The Morgan fingerprint density at radius 2 is 2.15 bits per heavy atom. The summed E-state index contributed by atoms with van der Waals surface area (Å²) in [5, 5.41) is 20.3. The van der Waals surface area contributed by atoms with Crippen LogP contribution in [0.4, 0.5) is 10.2 Å². The first-order valence-electron chi connectivity index (χ1n) is 11.1. The topological polar surface area (TPSA) is 95.2 Å². The Kier molecular flexibility index (Phi) is 5.94. The maximum atomic E-state index is 14.7. The lowest BCUT2D eigenvalue weighted by molar-refractivity contribution is -0.116. The largest absolute Gasteiger partial charge is 0.379 e. The zero-order valence-corrected chi connectivity index (χ0v) is 18.2. The molecule has 5 rings (SSSR count). The monoisotopic (exact) mass is 448 g/mol. The minimum Gasteiger partial charge on any atom is -0.379 e. The molecule has 2 aliphatic heterocycles. The molecular formula is C24H25FN6O2. The van der Waals surface area contributed by atoms with Crippen molar-refractivity contribution in [1.29, 1.82) is 5.26 Å². The number of aromatic nitrogens is 2. The number of nitrogens with zero attached hydrogens (tertiary/aromatic N) is 4. The average molecular weight is 449 g/mol. The van der Waals surface area contributed by atoms with Gasteiger partial charge < -0.3 is 15.4 Å². The van der Waals surface area contributed by atoms with Crippen molar-refractivity contribution in [3.05, 3.63) is 64.6 Å². The number of benzene rings is 1. The van der Waals surface area contributed by atoms with Crippen LogP contribution in [0.15, 0.2) is 47.7 Å². The Bertz CT molecular complexity index is 1170. The summed E-state index contributed by atoms with van der Waals surface area (Å²) in [6.45, 7) is 5.44. The van der Waals surface area contributed by atoms with Crippen LogP contribution in [0.3, 0.4) is 0 Å². The van der Waals surface area contributed by atoms with Crippen molar-refractivity contribution in [2.75, 3.05) is 51.3 Å². The molecule has 3 heterocycles. The Morgan fingerprint density at radius 3 is 2.97 bits per heavy atom. The quantitative estimate of drug-likeness (QED) is 0.703. The predicted octanol–water partition coefficient (Wildman–Crippen LogP) is 2.09. The number of anilines is 1. The molecule has 33 heavy (non-hydrogen) atoms. The summed E-state index contributed by atoms with van der Waals surface area (Å²) in [6.07, 6.45) is 4.14. The van der Waals surface area contributed by atoms with Crippen LogP contribution in [0, 0.1) is 17.1 Å². The molecule has 1 aromatic carbocycles. The third kappa shape index (κ3) is 4.27. The van der Waals surface area contributed by atoms with Gasteiger partial charge in [-0.15, -0.1) is 0 Å². The second kappa shape index (κ2) is 9.17. The minimum atomic E-state index is -0.415. The highest BCUT2D eigenvalue weighted by Gasteiger charge is 2.34. The van der Waals surface area contributed by atoms with Gasteiger partial charge in [-0.05, 0) is 30.2 Å². The first-order chi connectivity index (χ1) is 16.1. The van der Waals surface area contributed by atoms with Crippen molar-refractivity contribution >= 4 is 17.4 Å². The van der Waals surface area contributed by atoms with Crippen LogP contribution >= 0.6 is 0 Å². The van der Waals surface area contributed by atoms with Gasteiger partial charge in [-0.1, -0.05) is 6.07 Å². The van der Waals surface area contributed by atoms with E-state index in [0.29, 0.717) is 41.2 Å². The normalized spacial score (nSPS) is 20.8. The van der Waals surface area contributed by atoms with Crippen LogP contribution in [-0.4, -0.2) is 66.5 Å². The SMILES string of the molecule is N#Cc1cccc(F)c1C1C=C(n2ccc(NCCN3CCOCC3)n2)C2=C(CNC2=O)C1. The van der Waals surface area contributed by atoms with E-state index in [2.05, 4.69) is 26.7 Å². The molecule has 0 bridgehead atoms. The van der Waals surface area contributed by atoms with Crippen molar-refractivity contribution in [3.8, 4) is 6.07 Å². The maximum absolute atomic E-state index is 14.7. The van der Waals surface area contributed by atoms with Crippen LogP contribution in [0.2, 0.25) is 0 Å². The number of rotatable bonds is 6. The second-order valence-electron chi connectivity index (χ2n) is 8.36. The van der Waals surface area contributed by atoms with Gasteiger partial charge in [0.1, 0.15) is 11.6 Å². The van der Waals surface area contributed by atoms with E-state index in [0.717, 1.165) is 45.0 Å². The molecule has 1 fully saturated rings. The summed E-state index contributed by atoms with van der Waals surface area (Å²) in [6, 6.07) is 8.50. The zero-order valence-electron chi connectivity index (χ0n) is 18.2. The fourth-order valence-electron chi connectivity index (χ4n) is 4.70. The van der Waals surface area contributed by atoms with E-state index in [1.54, 1.807) is 23.0 Å². The summed E-state index contributed by atoms with van der Waals surface area (Å²) in [7, 11) is 0. The highest BCUT2D eigenvalue weighted by Crippen LogP contribution is 2.40. The third-order valence-corrected chi connectivity index (χ3v) is 6.34. The third-order valence-electron chi connectivity index (χ3n) is 6.34. The molecule has 2 aromatic rings. The zero-order chi connectivity index (χ0) is 22.8. The Morgan fingerprint density at radius 1 is 1.30 bits per heavy atom. The predicted molar refractivity (Wildman–Crippen MR) is 121 cm³/mol. The molecule has 8 nitrogen and oxygen atoms in total. The lowest BCUT2D eigenvalue weighted by atomic mass is 9.82. The number of hydrogen-bond acceptors (Lipinski definition) is 6. The van der Waals surface area contributed by atoms with E-state index in [4.69, 9.17) is 4.74 Å². The first kappa shape index (κ1) is 21.4. The molecule has 170 valence electrons. The molecule has 1 aromatic heterocycles. The summed E-state index contributed by atoms with van der Waals surface area (Å²) >= 11 is 0. The number of halogens is 1. The van der Waals surface area contributed by atoms with Crippen LogP contribution in [0.25, 0.3) is 5.70 Å². The highest BCUT2D eigenvalue weighted by molar-refractivity contribution is 6.09. The molecular weight excluding hydrogens is 423 g/mol. The molecule has 0 saturated carbocycles. The van der Waals surface area contributed by atoms with Gasteiger partial charge in [-0.25, -0.2) is 9.07 Å². The van der Waals surface area contributed by atoms with E-state index < -0.39 is 5.82 Å². The molecule has 2 N–H and O–H groups in total. The molecule has 0 radical (unpaired) electrons. The number of nitrogens with one attached hydrogen (secondary N) is 2. The van der Waals surface area contributed by atoms with Crippen molar-refractivity contribution in [1.82, 2.24) is 20.0 Å². The van der Waals surface area contributed by atoms with E-state index in [9.17, 15) is 14.4 Å². The molecule has 1 aliphatic carbocycles. The first-order valence-corrected chi connectivity index (χ1v) is 11.1. The lowest BCUT2D eigenvalue weighted by Gasteiger charge is -2.26. The number of carbonyl (C=O) groups is 1. The summed E-state index contributed by atoms with van der Waals surface area (Å²) in [4.78, 5) is 14.9. The Hall–Kier alpha value is -3.48. The van der Waals surface area contributed by atoms with Crippen molar-refractivity contribution < 1.29 is 13.9 Å². The fraction of sp³-hybridized carbons (Fsp3) is 0.375. The van der Waals surface area contributed by atoms with Gasteiger partial charge in [-0.3, -0.25) is 9.69 Å². The lowest BCUT2D eigenvalue weighted by Crippen LogP contribution is -2.39. The molecule has 1 amide bonds. The summed E-state index contributed by atoms with van der Waals surface area (Å²) < 4.78 is 21.8. The highest BCUT2D eigenvalue weighted by atomic mass is 19.1. The van der Waals surface area contributed by atoms with Crippen molar-refractivity contribution in [3.63, 3.8) is 0 Å². The van der Waals surface area contributed by atoms with Crippen molar-refractivity contribution in [2.45, 2.75) is 12.3 Å². The maximum Gasteiger partial charge on any atom is 0.253 e. The number of amides is 1. The van der Waals surface area contributed by atoms with Gasteiger partial charge in [0.05, 0.1) is 36.1 Å². The molecule has 3 aliphatic rings. The number of nitriles is 1. The molecule has 9 heteroatoms. The number of morpholine rings is 1. The average Bonchev–Trinajstić information content (AvgIpc) is 3.46. The Balaban J connectivity index is 1.40. The standard InChI is InChI=1S/C24H25FN6O2/c25-19-3-1-2-16(14-26)22(19)17-12-18-15-28-24(32)23(18)20(13-17)31-6-4-21(29-31)27-5-7-30-8-10-33-11-9-30/h1-4,6,13,17H,5,7-12,15H2,(H,27,29)(H,28,32). The number of allylic oxidation sites excluding steroid dienone is 1. The van der Waals surface area contributed by atoms with Gasteiger partial charge in [0.15, 0.2) is 0 Å². The van der Waals surface area contributed by atoms with Gasteiger partial charge in [0.2, 0.25) is 0 Å². The number of ether oxygens (including phenoxy) is 1. The second-order valence-corrected chi connectivity index (χ2v) is 8.36. The van der Waals surface area contributed by atoms with E-state index in [1.807, 2.05) is 12.1 Å². The van der Waals surface area contributed by atoms with Crippen LogP contribution in [-0.2, 0) is 9.53 Å². The van der Waals surface area contributed by atoms with E-state index in [1.165, 1.54) is 6.07 Å². The number of hydrogen-bond donors (Lipinski definition) is 2. The van der Waals surface area contributed by atoms with Gasteiger partial charge >= 0.3 is 0 Å². The molecule has 1 atom stereocenters. The fourth-order valence-corrected chi connectivity index (χ4v) is 4.70. The number of carbonyl (C=O) groups excluding carboxylic acids is 1. The molecule has 1 saturated heterocycles. The molecule has 1 unspecified atom stereocenters. The molecule has 0 spiro atoms. The van der Waals surface area contributed by atoms with Crippen LogP contribution in [0.1, 0.15) is 23.5 Å².